The molecular weight excluding hydrogens is 282 g/mol. The first-order chi connectivity index (χ1) is 11.2. The molecule has 4 rings (SSSR count). The molecule has 0 bridgehead atoms. The van der Waals surface area contributed by atoms with Gasteiger partial charge in [-0.1, -0.05) is 53.6 Å². The van der Waals surface area contributed by atoms with Crippen LogP contribution in [0.3, 0.4) is 0 Å². The highest BCUT2D eigenvalue weighted by molar-refractivity contribution is 5.63. The number of aromatic nitrogens is 3. The average Bonchev–Trinajstić information content (AvgIpc) is 3.02. The van der Waals surface area contributed by atoms with E-state index in [1.807, 2.05) is 28.8 Å². The summed E-state index contributed by atoms with van der Waals surface area (Å²) in [7, 11) is 0. The van der Waals surface area contributed by atoms with Crippen LogP contribution in [0.4, 0.5) is 0 Å². The topological polar surface area (TPSA) is 21.2 Å². The minimum atomic E-state index is 0.990. The fourth-order valence-electron chi connectivity index (χ4n) is 3.06. The summed E-state index contributed by atoms with van der Waals surface area (Å²) < 4.78 is 4.26. The van der Waals surface area contributed by atoms with Crippen LogP contribution >= 0.6 is 0 Å². The van der Waals surface area contributed by atoms with Gasteiger partial charge in [0.05, 0.1) is 6.07 Å². The van der Waals surface area contributed by atoms with Crippen LogP contribution in [0.25, 0.3) is 22.6 Å². The SMILES string of the molecule is Cc1cc(C)[n+](-c2ccccc2)c2cc(-c3ccccc3)nn12. The van der Waals surface area contributed by atoms with Crippen LogP contribution in [0, 0.1) is 13.8 Å². The first kappa shape index (κ1) is 13.7. The number of rotatable bonds is 2. The van der Waals surface area contributed by atoms with Crippen molar-refractivity contribution in [2.24, 2.45) is 0 Å². The van der Waals surface area contributed by atoms with Gasteiger partial charge in [-0.3, -0.25) is 0 Å². The zero-order valence-electron chi connectivity index (χ0n) is 13.3. The summed E-state index contributed by atoms with van der Waals surface area (Å²) >= 11 is 0. The van der Waals surface area contributed by atoms with Gasteiger partial charge in [-0.05, 0) is 19.1 Å². The van der Waals surface area contributed by atoms with Crippen LogP contribution < -0.4 is 4.57 Å². The van der Waals surface area contributed by atoms with E-state index < -0.39 is 0 Å². The summed E-state index contributed by atoms with van der Waals surface area (Å²) in [6.07, 6.45) is 0. The highest BCUT2D eigenvalue weighted by Gasteiger charge is 2.20. The van der Waals surface area contributed by atoms with E-state index in [-0.39, 0.29) is 0 Å². The van der Waals surface area contributed by atoms with Gasteiger partial charge in [0.2, 0.25) is 0 Å². The fraction of sp³-hybridized carbons (Fsp3) is 0.100. The summed E-state index contributed by atoms with van der Waals surface area (Å²) in [5.41, 5.74) is 6.67. The van der Waals surface area contributed by atoms with E-state index >= 15 is 0 Å². The zero-order chi connectivity index (χ0) is 15.8. The van der Waals surface area contributed by atoms with Gasteiger partial charge in [0.1, 0.15) is 22.8 Å². The molecule has 3 heteroatoms. The second-order valence-corrected chi connectivity index (χ2v) is 5.76. The number of fused-ring (bicyclic) bond motifs is 1. The second kappa shape index (κ2) is 5.36. The van der Waals surface area contributed by atoms with Gasteiger partial charge in [-0.25, -0.2) is 0 Å². The number of nitrogens with zero attached hydrogens (tertiary/aromatic N) is 3. The van der Waals surface area contributed by atoms with Gasteiger partial charge in [-0.2, -0.15) is 4.57 Å². The number of para-hydroxylation sites is 1. The van der Waals surface area contributed by atoms with Crippen molar-refractivity contribution in [3.8, 4) is 16.9 Å². The second-order valence-electron chi connectivity index (χ2n) is 5.76. The lowest BCUT2D eigenvalue weighted by molar-refractivity contribution is -0.578. The minimum Gasteiger partial charge on any atom is -0.195 e. The standard InChI is InChI=1S/C20H18N3/c1-15-13-16(2)23-20(22(15)18-11-7-4-8-12-18)14-19(21-23)17-9-5-3-6-10-17/h3-14H,1-2H3/q+1. The lowest BCUT2D eigenvalue weighted by atomic mass is 10.1. The third kappa shape index (κ3) is 2.30. The maximum atomic E-state index is 4.81. The van der Waals surface area contributed by atoms with Crippen molar-refractivity contribution in [3.63, 3.8) is 0 Å². The molecule has 112 valence electrons. The summed E-state index contributed by atoms with van der Waals surface area (Å²) in [6.45, 7) is 4.23. The van der Waals surface area contributed by atoms with Crippen LogP contribution in [0.15, 0.2) is 72.8 Å². The highest BCUT2D eigenvalue weighted by atomic mass is 15.3. The summed E-state index contributed by atoms with van der Waals surface area (Å²) in [4.78, 5) is 0. The van der Waals surface area contributed by atoms with Gasteiger partial charge in [0, 0.05) is 18.6 Å². The highest BCUT2D eigenvalue weighted by Crippen LogP contribution is 2.20. The molecule has 3 nitrogen and oxygen atoms in total. The van der Waals surface area contributed by atoms with Crippen molar-refractivity contribution in [2.75, 3.05) is 0 Å². The molecule has 0 radical (unpaired) electrons. The Morgan fingerprint density at radius 1 is 0.826 bits per heavy atom. The number of aryl methyl sites for hydroxylation is 2. The predicted molar refractivity (Wildman–Crippen MR) is 91.6 cm³/mol. The number of hydrogen-bond donors (Lipinski definition) is 0. The Bertz CT molecular complexity index is 970. The molecule has 0 aliphatic rings. The predicted octanol–water partition coefficient (Wildman–Crippen LogP) is 3.89. The van der Waals surface area contributed by atoms with Crippen molar-refractivity contribution in [2.45, 2.75) is 13.8 Å². The van der Waals surface area contributed by atoms with Crippen LogP contribution in [0.5, 0.6) is 0 Å². The van der Waals surface area contributed by atoms with Gasteiger partial charge in [0.15, 0.2) is 0 Å². The molecule has 0 amide bonds. The maximum absolute atomic E-state index is 4.81. The summed E-state index contributed by atoms with van der Waals surface area (Å²) in [6, 6.07) is 25.0. The number of benzene rings is 2. The Hall–Kier alpha value is -2.94. The maximum Gasteiger partial charge on any atom is 0.314 e. The van der Waals surface area contributed by atoms with E-state index in [0.29, 0.717) is 0 Å². The van der Waals surface area contributed by atoms with Crippen molar-refractivity contribution in [1.29, 1.82) is 0 Å². The van der Waals surface area contributed by atoms with E-state index in [2.05, 4.69) is 66.9 Å². The summed E-state index contributed by atoms with van der Waals surface area (Å²) in [5.74, 6) is 0. The van der Waals surface area contributed by atoms with Crippen molar-refractivity contribution in [1.82, 2.24) is 9.61 Å². The largest absolute Gasteiger partial charge is 0.314 e. The molecule has 2 heterocycles. The smallest absolute Gasteiger partial charge is 0.195 e. The quantitative estimate of drug-likeness (QED) is 0.514. The first-order valence-corrected chi connectivity index (χ1v) is 7.77. The van der Waals surface area contributed by atoms with Crippen molar-refractivity contribution >= 4 is 5.65 Å². The van der Waals surface area contributed by atoms with Crippen LogP contribution in [-0.2, 0) is 0 Å². The molecule has 0 saturated carbocycles. The fourth-order valence-corrected chi connectivity index (χ4v) is 3.06. The minimum absolute atomic E-state index is 0.990. The molecule has 0 aliphatic carbocycles. The molecule has 2 aromatic carbocycles. The number of hydrogen-bond acceptors (Lipinski definition) is 1. The van der Waals surface area contributed by atoms with E-state index in [1.165, 1.54) is 5.69 Å². The Balaban J connectivity index is 2.02. The Morgan fingerprint density at radius 3 is 2.17 bits per heavy atom. The third-order valence-corrected chi connectivity index (χ3v) is 4.11. The lowest BCUT2D eigenvalue weighted by Crippen LogP contribution is -2.36. The van der Waals surface area contributed by atoms with Crippen LogP contribution in [0.1, 0.15) is 11.4 Å². The molecule has 0 fully saturated rings. The average molecular weight is 300 g/mol. The van der Waals surface area contributed by atoms with Gasteiger partial charge in [0.25, 0.3) is 0 Å². The molecule has 0 N–H and O–H groups in total. The van der Waals surface area contributed by atoms with Gasteiger partial charge in [-0.15, -0.1) is 4.52 Å². The molecule has 2 aromatic heterocycles. The van der Waals surface area contributed by atoms with Crippen molar-refractivity contribution < 1.29 is 4.57 Å². The molecule has 0 atom stereocenters. The van der Waals surface area contributed by atoms with Gasteiger partial charge >= 0.3 is 5.65 Å². The van der Waals surface area contributed by atoms with E-state index in [4.69, 9.17) is 5.10 Å². The lowest BCUT2D eigenvalue weighted by Gasteiger charge is -2.05. The monoisotopic (exact) mass is 300 g/mol. The normalized spacial score (nSPS) is 11.0. The molecule has 0 unspecified atom stereocenters. The van der Waals surface area contributed by atoms with E-state index in [9.17, 15) is 0 Å². The molecule has 0 spiro atoms. The molecule has 0 saturated heterocycles. The van der Waals surface area contributed by atoms with E-state index in [0.717, 1.165) is 28.3 Å². The molecular formula is C20H18N3+. The first-order valence-electron chi connectivity index (χ1n) is 7.77. The third-order valence-electron chi connectivity index (χ3n) is 4.11. The van der Waals surface area contributed by atoms with Crippen LogP contribution in [0.2, 0.25) is 0 Å². The van der Waals surface area contributed by atoms with Gasteiger partial charge < -0.3 is 0 Å². The molecule has 0 aliphatic heterocycles. The zero-order valence-corrected chi connectivity index (χ0v) is 13.3. The summed E-state index contributed by atoms with van der Waals surface area (Å²) in [5, 5.41) is 4.81. The Morgan fingerprint density at radius 2 is 1.48 bits per heavy atom. The Labute approximate surface area is 135 Å². The molecule has 4 aromatic rings. The molecule has 23 heavy (non-hydrogen) atoms. The van der Waals surface area contributed by atoms with E-state index in [1.54, 1.807) is 0 Å². The Kier molecular flexibility index (Phi) is 3.19. The van der Waals surface area contributed by atoms with Crippen molar-refractivity contribution in [3.05, 3.63) is 84.2 Å². The van der Waals surface area contributed by atoms with Crippen LogP contribution in [-0.4, -0.2) is 9.61 Å².